The topological polar surface area (TPSA) is 86.8 Å². The van der Waals surface area contributed by atoms with Crippen molar-refractivity contribution in [2.24, 2.45) is 0 Å². The zero-order chi connectivity index (χ0) is 19.1. The molecule has 0 fully saturated rings. The summed E-state index contributed by atoms with van der Waals surface area (Å²) in [6.45, 7) is 3.70. The van der Waals surface area contributed by atoms with Crippen LogP contribution in [-0.4, -0.2) is 37.7 Å². The van der Waals surface area contributed by atoms with Gasteiger partial charge in [0.05, 0.1) is 26.5 Å². The van der Waals surface area contributed by atoms with Gasteiger partial charge in [-0.05, 0) is 32.1 Å². The second-order valence-electron chi connectivity index (χ2n) is 5.08. The number of carbonyl (C=O) groups excluding carboxylic acids is 2. The lowest BCUT2D eigenvalue weighted by atomic mass is 10.1. The van der Waals surface area contributed by atoms with E-state index in [1.54, 1.807) is 52.3 Å². The molecule has 0 aliphatic carbocycles. The monoisotopic (exact) mass is 376 g/mol. The zero-order valence-electron chi connectivity index (χ0n) is 15.0. The van der Waals surface area contributed by atoms with E-state index in [0.29, 0.717) is 27.2 Å². The second kappa shape index (κ2) is 9.00. The molecule has 0 unspecified atom stereocenters. The molecule has 26 heavy (non-hydrogen) atoms. The molecule has 0 radical (unpaired) electrons. The molecule has 2 rings (SSSR count). The van der Waals surface area contributed by atoms with Gasteiger partial charge in [-0.15, -0.1) is 0 Å². The van der Waals surface area contributed by atoms with Gasteiger partial charge in [0, 0.05) is 17.7 Å². The van der Waals surface area contributed by atoms with Gasteiger partial charge in [-0.1, -0.05) is 11.3 Å². The molecule has 0 atom stereocenters. The SMILES string of the molecule is CCOC(=O)c1sc(NC(=O)/C=C/c2ccc(OC)cc2OC)nc1C. The zero-order valence-corrected chi connectivity index (χ0v) is 15.8. The van der Waals surface area contributed by atoms with Crippen LogP contribution in [0.5, 0.6) is 11.5 Å². The van der Waals surface area contributed by atoms with Crippen molar-refractivity contribution in [2.45, 2.75) is 13.8 Å². The fourth-order valence-electron chi connectivity index (χ4n) is 2.10. The van der Waals surface area contributed by atoms with E-state index >= 15 is 0 Å². The van der Waals surface area contributed by atoms with Crippen molar-refractivity contribution in [1.29, 1.82) is 0 Å². The summed E-state index contributed by atoms with van der Waals surface area (Å²) in [5.41, 5.74) is 1.25. The summed E-state index contributed by atoms with van der Waals surface area (Å²) < 4.78 is 15.4. The summed E-state index contributed by atoms with van der Waals surface area (Å²) in [5, 5.41) is 2.97. The van der Waals surface area contributed by atoms with E-state index in [9.17, 15) is 9.59 Å². The van der Waals surface area contributed by atoms with Gasteiger partial charge >= 0.3 is 5.97 Å². The molecule has 0 aliphatic heterocycles. The minimum atomic E-state index is -0.443. The molecular formula is C18H20N2O5S. The quantitative estimate of drug-likeness (QED) is 0.589. The molecule has 1 aromatic heterocycles. The molecule has 1 amide bonds. The minimum Gasteiger partial charge on any atom is -0.497 e. The summed E-state index contributed by atoms with van der Waals surface area (Å²) >= 11 is 1.08. The number of amides is 1. The van der Waals surface area contributed by atoms with E-state index in [1.165, 1.54) is 6.08 Å². The number of aromatic nitrogens is 1. The summed E-state index contributed by atoms with van der Waals surface area (Å²) in [5.74, 6) is 0.435. The molecule has 0 saturated heterocycles. The third-order valence-electron chi connectivity index (χ3n) is 3.34. The fourth-order valence-corrected chi connectivity index (χ4v) is 2.97. The molecular weight excluding hydrogens is 356 g/mol. The lowest BCUT2D eigenvalue weighted by molar-refractivity contribution is -0.111. The van der Waals surface area contributed by atoms with E-state index in [-0.39, 0.29) is 12.5 Å². The Kier molecular flexibility index (Phi) is 6.74. The number of esters is 1. The molecule has 2 aromatic rings. The first-order valence-electron chi connectivity index (χ1n) is 7.84. The van der Waals surface area contributed by atoms with Gasteiger partial charge in [0.1, 0.15) is 16.4 Å². The van der Waals surface area contributed by atoms with Crippen molar-refractivity contribution >= 4 is 34.4 Å². The van der Waals surface area contributed by atoms with E-state index in [2.05, 4.69) is 10.3 Å². The fraction of sp³-hybridized carbons (Fsp3) is 0.278. The minimum absolute atomic E-state index is 0.282. The van der Waals surface area contributed by atoms with E-state index in [1.807, 2.05) is 0 Å². The van der Waals surface area contributed by atoms with Crippen LogP contribution >= 0.6 is 11.3 Å². The Balaban J connectivity index is 2.08. The number of aryl methyl sites for hydroxylation is 1. The number of ether oxygens (including phenoxy) is 3. The average molecular weight is 376 g/mol. The van der Waals surface area contributed by atoms with Crippen molar-refractivity contribution in [3.63, 3.8) is 0 Å². The van der Waals surface area contributed by atoms with Crippen LogP contribution in [0.2, 0.25) is 0 Å². The van der Waals surface area contributed by atoms with Crippen LogP contribution in [0.3, 0.4) is 0 Å². The Hall–Kier alpha value is -2.87. The predicted octanol–water partition coefficient (Wildman–Crippen LogP) is 3.30. The van der Waals surface area contributed by atoms with E-state index in [4.69, 9.17) is 14.2 Å². The van der Waals surface area contributed by atoms with Gasteiger partial charge in [-0.25, -0.2) is 9.78 Å². The first-order chi connectivity index (χ1) is 12.5. The van der Waals surface area contributed by atoms with Gasteiger partial charge in [-0.2, -0.15) is 0 Å². The van der Waals surface area contributed by atoms with Crippen LogP contribution in [0, 0.1) is 6.92 Å². The van der Waals surface area contributed by atoms with Crippen molar-refractivity contribution in [2.75, 3.05) is 26.1 Å². The number of hydrogen-bond donors (Lipinski definition) is 1. The third kappa shape index (κ3) is 4.82. The molecule has 0 aliphatic rings. The van der Waals surface area contributed by atoms with Crippen LogP contribution in [0.15, 0.2) is 24.3 Å². The smallest absolute Gasteiger partial charge is 0.350 e. The van der Waals surface area contributed by atoms with Gasteiger partial charge in [0.15, 0.2) is 5.13 Å². The van der Waals surface area contributed by atoms with Gasteiger partial charge in [0.25, 0.3) is 0 Å². The Bertz CT molecular complexity index is 829. The van der Waals surface area contributed by atoms with Crippen LogP contribution < -0.4 is 14.8 Å². The number of methoxy groups -OCH3 is 2. The van der Waals surface area contributed by atoms with Crippen LogP contribution in [0.4, 0.5) is 5.13 Å². The maximum Gasteiger partial charge on any atom is 0.350 e. The van der Waals surface area contributed by atoms with Crippen molar-refractivity contribution in [3.8, 4) is 11.5 Å². The lowest BCUT2D eigenvalue weighted by Gasteiger charge is -2.07. The Morgan fingerprint density at radius 1 is 1.27 bits per heavy atom. The highest BCUT2D eigenvalue weighted by Gasteiger charge is 2.17. The van der Waals surface area contributed by atoms with Crippen molar-refractivity contribution in [3.05, 3.63) is 40.4 Å². The number of thiazole rings is 1. The summed E-state index contributed by atoms with van der Waals surface area (Å²) in [7, 11) is 3.11. The van der Waals surface area contributed by atoms with Crippen LogP contribution in [-0.2, 0) is 9.53 Å². The predicted molar refractivity (Wildman–Crippen MR) is 100 cm³/mol. The molecule has 138 valence electrons. The number of benzene rings is 1. The van der Waals surface area contributed by atoms with Gasteiger partial charge < -0.3 is 14.2 Å². The Morgan fingerprint density at radius 2 is 2.04 bits per heavy atom. The first-order valence-corrected chi connectivity index (χ1v) is 8.65. The van der Waals surface area contributed by atoms with E-state index in [0.717, 1.165) is 16.9 Å². The molecule has 0 spiro atoms. The molecule has 1 N–H and O–H groups in total. The number of rotatable bonds is 7. The summed E-state index contributed by atoms with van der Waals surface area (Å²) in [6, 6.07) is 5.29. The Labute approximate surface area is 155 Å². The largest absolute Gasteiger partial charge is 0.497 e. The maximum absolute atomic E-state index is 12.1. The molecule has 1 heterocycles. The van der Waals surface area contributed by atoms with Gasteiger partial charge in [-0.3, -0.25) is 10.1 Å². The van der Waals surface area contributed by atoms with E-state index < -0.39 is 5.97 Å². The highest BCUT2D eigenvalue weighted by Crippen LogP contribution is 2.26. The molecule has 0 saturated carbocycles. The highest BCUT2D eigenvalue weighted by atomic mass is 32.1. The number of hydrogen-bond acceptors (Lipinski definition) is 7. The maximum atomic E-state index is 12.1. The van der Waals surface area contributed by atoms with Crippen LogP contribution in [0.25, 0.3) is 6.08 Å². The number of anilines is 1. The number of nitrogens with one attached hydrogen (secondary N) is 1. The van der Waals surface area contributed by atoms with Crippen molar-refractivity contribution < 1.29 is 23.8 Å². The number of carbonyl (C=O) groups is 2. The molecule has 1 aromatic carbocycles. The second-order valence-corrected chi connectivity index (χ2v) is 6.08. The van der Waals surface area contributed by atoms with Crippen molar-refractivity contribution in [1.82, 2.24) is 4.98 Å². The average Bonchev–Trinajstić information content (AvgIpc) is 3.00. The lowest BCUT2D eigenvalue weighted by Crippen LogP contribution is -2.07. The summed E-state index contributed by atoms with van der Waals surface area (Å²) in [4.78, 5) is 28.5. The third-order valence-corrected chi connectivity index (χ3v) is 4.40. The normalized spacial score (nSPS) is 10.6. The highest BCUT2D eigenvalue weighted by molar-refractivity contribution is 7.17. The number of nitrogens with zero attached hydrogens (tertiary/aromatic N) is 1. The first kappa shape index (κ1) is 19.5. The molecule has 0 bridgehead atoms. The van der Waals surface area contributed by atoms with Crippen LogP contribution in [0.1, 0.15) is 27.9 Å². The summed E-state index contributed by atoms with van der Waals surface area (Å²) in [6.07, 6.45) is 2.99. The molecule has 7 nitrogen and oxygen atoms in total. The van der Waals surface area contributed by atoms with Gasteiger partial charge in [0.2, 0.25) is 5.91 Å². The standard InChI is InChI=1S/C18H20N2O5S/c1-5-25-17(22)16-11(2)19-18(26-16)20-15(21)9-7-12-6-8-13(23-3)10-14(12)24-4/h6-10H,5H2,1-4H3,(H,19,20,21)/b9-7+. The molecule has 8 heteroatoms. The Morgan fingerprint density at radius 3 is 2.69 bits per heavy atom.